The van der Waals surface area contributed by atoms with Crippen LogP contribution >= 0.6 is 0 Å². The van der Waals surface area contributed by atoms with Crippen molar-refractivity contribution in [2.75, 3.05) is 44.8 Å². The van der Waals surface area contributed by atoms with Crippen molar-refractivity contribution in [2.24, 2.45) is 0 Å². The van der Waals surface area contributed by atoms with E-state index in [0.717, 1.165) is 11.1 Å². The fraction of sp³-hybridized carbons (Fsp3) is 0.370. The van der Waals surface area contributed by atoms with Crippen molar-refractivity contribution < 1.29 is 14.2 Å². The zero-order valence-corrected chi connectivity index (χ0v) is 20.0. The zero-order valence-electron chi connectivity index (χ0n) is 20.0. The van der Waals surface area contributed by atoms with Gasteiger partial charge in [0.1, 0.15) is 11.6 Å². The fourth-order valence-electron chi connectivity index (χ4n) is 4.72. The second kappa shape index (κ2) is 10.4. The number of ether oxygens (including phenoxy) is 1. The minimum Gasteiger partial charge on any atom is -0.507 e. The Morgan fingerprint density at radius 1 is 1.03 bits per heavy atom. The van der Waals surface area contributed by atoms with Gasteiger partial charge in [-0.15, -0.1) is 0 Å². The number of pyridine rings is 1. The highest BCUT2D eigenvalue weighted by atomic mass is 19.1. The second-order valence-electron chi connectivity index (χ2n) is 8.82. The number of benzene rings is 2. The summed E-state index contributed by atoms with van der Waals surface area (Å²) < 4.78 is 21.2. The van der Waals surface area contributed by atoms with Gasteiger partial charge in [-0.2, -0.15) is 0 Å². The number of aromatic hydroxyl groups is 1. The third-order valence-electron chi connectivity index (χ3n) is 6.58. The van der Waals surface area contributed by atoms with Gasteiger partial charge in [0.25, 0.3) is 5.56 Å². The van der Waals surface area contributed by atoms with Crippen LogP contribution in [-0.4, -0.2) is 54.5 Å². The molecule has 1 saturated heterocycles. The Hall–Kier alpha value is -3.16. The predicted molar refractivity (Wildman–Crippen MR) is 132 cm³/mol. The number of hydrogen-bond acceptors (Lipinski definition) is 5. The molecule has 1 aliphatic rings. The normalized spacial score (nSPS) is 15.5. The summed E-state index contributed by atoms with van der Waals surface area (Å²) >= 11 is 0. The lowest BCUT2D eigenvalue weighted by Gasteiger charge is -2.40. The van der Waals surface area contributed by atoms with Gasteiger partial charge in [0, 0.05) is 45.5 Å². The Bertz CT molecular complexity index is 1180. The summed E-state index contributed by atoms with van der Waals surface area (Å²) in [6, 6.07) is 16.1. The molecule has 1 aromatic heterocycles. The van der Waals surface area contributed by atoms with Crippen molar-refractivity contribution >= 4 is 5.69 Å². The predicted octanol–water partition coefficient (Wildman–Crippen LogP) is 3.87. The Morgan fingerprint density at radius 3 is 2.35 bits per heavy atom. The monoisotopic (exact) mass is 465 g/mol. The summed E-state index contributed by atoms with van der Waals surface area (Å²) in [4.78, 5) is 17.9. The molecule has 0 spiro atoms. The van der Waals surface area contributed by atoms with Crippen molar-refractivity contribution in [1.82, 2.24) is 9.47 Å². The average Bonchev–Trinajstić information content (AvgIpc) is 2.83. The van der Waals surface area contributed by atoms with Gasteiger partial charge in [-0.3, -0.25) is 9.69 Å². The number of aryl methyl sites for hydroxylation is 2. The van der Waals surface area contributed by atoms with E-state index in [2.05, 4.69) is 4.90 Å². The van der Waals surface area contributed by atoms with E-state index in [-0.39, 0.29) is 17.1 Å². The molecule has 1 fully saturated rings. The molecule has 0 radical (unpaired) electrons. The molecule has 180 valence electrons. The molecular formula is C27H32FN3O3. The molecule has 2 aromatic carbocycles. The van der Waals surface area contributed by atoms with Crippen LogP contribution < -0.4 is 10.5 Å². The molecule has 0 unspecified atom stereocenters. The number of piperazine rings is 1. The van der Waals surface area contributed by atoms with Crippen LogP contribution in [0.3, 0.4) is 0 Å². The first kappa shape index (κ1) is 24.0. The number of aromatic nitrogens is 1. The molecule has 2 heterocycles. The third-order valence-corrected chi connectivity index (χ3v) is 6.58. The molecule has 1 atom stereocenters. The molecule has 1 aliphatic heterocycles. The zero-order chi connectivity index (χ0) is 24.2. The molecule has 34 heavy (non-hydrogen) atoms. The summed E-state index contributed by atoms with van der Waals surface area (Å²) in [6.45, 7) is 7.14. The minimum absolute atomic E-state index is 0.00160. The summed E-state index contributed by atoms with van der Waals surface area (Å²) in [5.74, 6) is -0.235. The first-order valence-corrected chi connectivity index (χ1v) is 11.6. The molecule has 4 rings (SSSR count). The maximum absolute atomic E-state index is 14.3. The van der Waals surface area contributed by atoms with Crippen molar-refractivity contribution in [3.05, 3.63) is 93.2 Å². The van der Waals surface area contributed by atoms with Crippen molar-refractivity contribution in [3.63, 3.8) is 0 Å². The number of methoxy groups -OCH3 is 1. The summed E-state index contributed by atoms with van der Waals surface area (Å²) in [7, 11) is 1.60. The van der Waals surface area contributed by atoms with E-state index >= 15 is 0 Å². The molecule has 6 nitrogen and oxygen atoms in total. The summed E-state index contributed by atoms with van der Waals surface area (Å²) in [5.41, 5.74) is 3.50. The number of para-hydroxylation sites is 1. The lowest BCUT2D eigenvalue weighted by atomic mass is 9.95. The first-order chi connectivity index (χ1) is 16.4. The van der Waals surface area contributed by atoms with Gasteiger partial charge < -0.3 is 19.3 Å². The first-order valence-electron chi connectivity index (χ1n) is 11.6. The van der Waals surface area contributed by atoms with Crippen LogP contribution in [0.4, 0.5) is 10.1 Å². The Morgan fingerprint density at radius 2 is 1.71 bits per heavy atom. The van der Waals surface area contributed by atoms with Gasteiger partial charge in [0.2, 0.25) is 0 Å². The Kier molecular flexibility index (Phi) is 7.34. The highest BCUT2D eigenvalue weighted by molar-refractivity contribution is 5.48. The number of hydrogen-bond donors (Lipinski definition) is 1. The van der Waals surface area contributed by atoms with E-state index in [0.29, 0.717) is 56.3 Å². The lowest BCUT2D eigenvalue weighted by Crippen LogP contribution is -2.49. The third kappa shape index (κ3) is 4.86. The van der Waals surface area contributed by atoms with Crippen molar-refractivity contribution in [2.45, 2.75) is 26.4 Å². The number of anilines is 1. The number of nitrogens with zero attached hydrogens (tertiary/aromatic N) is 3. The van der Waals surface area contributed by atoms with Gasteiger partial charge in [-0.05, 0) is 37.6 Å². The molecule has 0 amide bonds. The van der Waals surface area contributed by atoms with Crippen molar-refractivity contribution in [3.8, 4) is 5.75 Å². The van der Waals surface area contributed by atoms with Crippen LogP contribution in [0, 0.1) is 19.7 Å². The van der Waals surface area contributed by atoms with Gasteiger partial charge in [0.15, 0.2) is 0 Å². The molecule has 3 aromatic rings. The minimum atomic E-state index is -0.412. The fourth-order valence-corrected chi connectivity index (χ4v) is 4.72. The topological polar surface area (TPSA) is 57.9 Å². The maximum Gasteiger partial charge on any atom is 0.259 e. The van der Waals surface area contributed by atoms with Gasteiger partial charge in [-0.25, -0.2) is 4.39 Å². The van der Waals surface area contributed by atoms with Gasteiger partial charge >= 0.3 is 0 Å². The summed E-state index contributed by atoms with van der Waals surface area (Å²) in [6.07, 6.45) is 0. The highest BCUT2D eigenvalue weighted by Gasteiger charge is 2.32. The molecule has 0 bridgehead atoms. The van der Waals surface area contributed by atoms with E-state index in [1.54, 1.807) is 29.9 Å². The van der Waals surface area contributed by atoms with Gasteiger partial charge in [0.05, 0.1) is 23.9 Å². The van der Waals surface area contributed by atoms with Crippen LogP contribution in [0.25, 0.3) is 0 Å². The van der Waals surface area contributed by atoms with Crippen molar-refractivity contribution in [1.29, 1.82) is 0 Å². The van der Waals surface area contributed by atoms with E-state index < -0.39 is 6.04 Å². The van der Waals surface area contributed by atoms with Gasteiger partial charge in [-0.1, -0.05) is 42.0 Å². The Labute approximate surface area is 199 Å². The average molecular weight is 466 g/mol. The standard InChI is InChI=1S/C27H32FN3O3/c1-19-8-10-21(11-9-19)26(25-24(32)18-20(2)31(27(25)33)16-17-34-3)30-14-12-29(13-15-30)23-7-5-4-6-22(23)28/h4-11,18,26,32H,12-17H2,1-3H3/t26-/m1/s1. The SMILES string of the molecule is COCCn1c(C)cc(O)c([C@@H](c2ccc(C)cc2)N2CCN(c3ccccc3F)CC2)c1=O. The van der Waals surface area contributed by atoms with E-state index in [1.165, 1.54) is 6.07 Å². The second-order valence-corrected chi connectivity index (χ2v) is 8.82. The van der Waals surface area contributed by atoms with E-state index in [9.17, 15) is 14.3 Å². The molecule has 7 heteroatoms. The maximum atomic E-state index is 14.3. The number of rotatable bonds is 7. The molecule has 0 saturated carbocycles. The molecular weight excluding hydrogens is 433 g/mol. The van der Waals surface area contributed by atoms with E-state index in [4.69, 9.17) is 4.74 Å². The molecule has 1 N–H and O–H groups in total. The highest BCUT2D eigenvalue weighted by Crippen LogP contribution is 2.34. The van der Waals surface area contributed by atoms with Crippen LogP contribution in [0.5, 0.6) is 5.75 Å². The van der Waals surface area contributed by atoms with Crippen LogP contribution in [0.2, 0.25) is 0 Å². The lowest BCUT2D eigenvalue weighted by molar-refractivity contribution is 0.183. The number of halogens is 1. The van der Waals surface area contributed by atoms with E-state index in [1.807, 2.05) is 49.1 Å². The largest absolute Gasteiger partial charge is 0.507 e. The van der Waals surface area contributed by atoms with Crippen LogP contribution in [0.1, 0.15) is 28.4 Å². The van der Waals surface area contributed by atoms with Crippen LogP contribution in [-0.2, 0) is 11.3 Å². The Balaban J connectivity index is 1.72. The smallest absolute Gasteiger partial charge is 0.259 e. The molecule has 0 aliphatic carbocycles. The quantitative estimate of drug-likeness (QED) is 0.574. The van der Waals surface area contributed by atoms with Crippen LogP contribution in [0.15, 0.2) is 59.4 Å². The summed E-state index contributed by atoms with van der Waals surface area (Å²) in [5, 5.41) is 11.0.